The maximum Gasteiger partial charge on any atom is 0.281 e. The van der Waals surface area contributed by atoms with Gasteiger partial charge >= 0.3 is 0 Å². The van der Waals surface area contributed by atoms with E-state index >= 15 is 0 Å². The van der Waals surface area contributed by atoms with Crippen molar-refractivity contribution in [1.82, 2.24) is 14.7 Å². The van der Waals surface area contributed by atoms with Crippen LogP contribution in [0, 0.1) is 17.8 Å². The van der Waals surface area contributed by atoms with Crippen LogP contribution in [-0.4, -0.2) is 42.5 Å². The third-order valence-electron chi connectivity index (χ3n) is 8.34. The van der Waals surface area contributed by atoms with Crippen LogP contribution < -0.4 is 14.4 Å². The molecule has 1 saturated heterocycles. The number of amides is 1. The zero-order chi connectivity index (χ0) is 26.2. The van der Waals surface area contributed by atoms with Gasteiger partial charge in [-0.05, 0) is 75.5 Å². The number of carbonyl (C=O) groups excluding carboxylic acids is 1. The molecule has 4 unspecified atom stereocenters. The van der Waals surface area contributed by atoms with Crippen LogP contribution in [0.3, 0.4) is 0 Å². The summed E-state index contributed by atoms with van der Waals surface area (Å²) in [5, 5.41) is -0.231. The fourth-order valence-electron chi connectivity index (χ4n) is 6.70. The third-order valence-corrected chi connectivity index (χ3v) is 9.57. The molecule has 1 aliphatic heterocycles. The van der Waals surface area contributed by atoms with Gasteiger partial charge in [0.1, 0.15) is 11.9 Å². The van der Waals surface area contributed by atoms with E-state index in [9.17, 15) is 13.2 Å². The lowest BCUT2D eigenvalue weighted by molar-refractivity contribution is 0.0615. The molecule has 2 aromatic rings. The maximum absolute atomic E-state index is 13.2. The summed E-state index contributed by atoms with van der Waals surface area (Å²) in [4.78, 5) is 24.0. The van der Waals surface area contributed by atoms with Gasteiger partial charge in [0.05, 0.1) is 5.56 Å². The third kappa shape index (κ3) is 5.61. The first-order valence-electron chi connectivity index (χ1n) is 13.6. The van der Waals surface area contributed by atoms with Crippen molar-refractivity contribution in [2.24, 2.45) is 17.8 Å². The first-order chi connectivity index (χ1) is 17.6. The molecule has 1 N–H and O–H groups in total. The summed E-state index contributed by atoms with van der Waals surface area (Å²) < 4.78 is 34.7. The Kier molecular flexibility index (Phi) is 7.18. The Hall–Kier alpha value is -2.68. The van der Waals surface area contributed by atoms with Crippen molar-refractivity contribution in [3.63, 3.8) is 0 Å². The predicted octanol–water partition coefficient (Wildman–Crippen LogP) is 4.96. The Labute approximate surface area is 220 Å². The minimum atomic E-state index is -4.21. The predicted molar refractivity (Wildman–Crippen MR) is 142 cm³/mol. The van der Waals surface area contributed by atoms with Gasteiger partial charge in [0.15, 0.2) is 5.03 Å². The number of rotatable bonds is 6. The Balaban J connectivity index is 1.30. The van der Waals surface area contributed by atoms with Crippen LogP contribution in [0.15, 0.2) is 41.6 Å². The number of carbonyl (C=O) groups is 1. The maximum atomic E-state index is 13.2. The second-order valence-corrected chi connectivity index (χ2v) is 13.3. The number of nitrogens with one attached hydrogen (secondary N) is 1. The summed E-state index contributed by atoms with van der Waals surface area (Å²) in [6, 6.07) is 7.93. The number of pyridine rings is 2. The van der Waals surface area contributed by atoms with Crippen molar-refractivity contribution in [1.29, 1.82) is 0 Å². The molecule has 1 amide bonds. The summed E-state index contributed by atoms with van der Waals surface area (Å²) in [7, 11) is -4.21. The monoisotopic (exact) mass is 526 g/mol. The molecule has 3 aliphatic rings. The molecule has 9 heteroatoms. The van der Waals surface area contributed by atoms with Crippen molar-refractivity contribution in [3.8, 4) is 5.88 Å². The number of hydrogen-bond acceptors (Lipinski definition) is 7. The average Bonchev–Trinajstić information content (AvgIpc) is 3.15. The summed E-state index contributed by atoms with van der Waals surface area (Å²) in [6.07, 6.45) is 10.9. The van der Waals surface area contributed by atoms with Gasteiger partial charge in [-0.1, -0.05) is 38.7 Å². The first-order valence-corrected chi connectivity index (χ1v) is 15.0. The lowest BCUT2D eigenvalue weighted by atomic mass is 9.70. The average molecular weight is 527 g/mol. The number of hydrogen-bond donors (Lipinski definition) is 1. The van der Waals surface area contributed by atoms with E-state index in [-0.39, 0.29) is 28.1 Å². The highest BCUT2D eigenvalue weighted by Crippen LogP contribution is 2.41. The molecular weight excluding hydrogens is 488 g/mol. The summed E-state index contributed by atoms with van der Waals surface area (Å²) >= 11 is 0. The van der Waals surface area contributed by atoms with E-state index in [0.29, 0.717) is 17.7 Å². The number of sulfonamides is 1. The van der Waals surface area contributed by atoms with E-state index < -0.39 is 15.9 Å². The van der Waals surface area contributed by atoms with Crippen LogP contribution in [-0.2, 0) is 10.0 Å². The Morgan fingerprint density at radius 3 is 2.62 bits per heavy atom. The highest BCUT2D eigenvalue weighted by molar-refractivity contribution is 7.90. The van der Waals surface area contributed by atoms with Crippen molar-refractivity contribution in [3.05, 3.63) is 42.1 Å². The van der Waals surface area contributed by atoms with E-state index in [2.05, 4.69) is 40.4 Å². The molecule has 5 rings (SSSR count). The minimum Gasteiger partial charge on any atom is -0.474 e. The van der Waals surface area contributed by atoms with Gasteiger partial charge in [-0.3, -0.25) is 4.79 Å². The van der Waals surface area contributed by atoms with Crippen LogP contribution >= 0.6 is 0 Å². The smallest absolute Gasteiger partial charge is 0.281 e. The molecule has 2 aliphatic carbocycles. The van der Waals surface area contributed by atoms with Gasteiger partial charge in [-0.2, -0.15) is 13.4 Å². The largest absolute Gasteiger partial charge is 0.474 e. The molecule has 3 fully saturated rings. The highest BCUT2D eigenvalue weighted by atomic mass is 32.2. The van der Waals surface area contributed by atoms with Crippen LogP contribution in [0.1, 0.15) is 82.5 Å². The van der Waals surface area contributed by atoms with Crippen molar-refractivity contribution >= 4 is 21.7 Å². The van der Waals surface area contributed by atoms with Gasteiger partial charge in [-0.15, -0.1) is 0 Å². The van der Waals surface area contributed by atoms with Crippen LogP contribution in [0.2, 0.25) is 0 Å². The number of nitrogens with zero attached hydrogens (tertiary/aromatic N) is 3. The number of fused-ring (bicyclic) bond motifs is 1. The second kappa shape index (κ2) is 10.2. The SMILES string of the molecule is CC1CN(c2ncccc2C(=O)NS(=O)(=O)c2cccc(OC3CCC4CCCCC4C3)n2)C(C)(C)C1. The van der Waals surface area contributed by atoms with E-state index in [1.807, 2.05) is 0 Å². The molecule has 4 atom stereocenters. The normalized spacial score (nSPS) is 27.4. The molecule has 3 heterocycles. The lowest BCUT2D eigenvalue weighted by Gasteiger charge is -2.39. The first kappa shape index (κ1) is 25.9. The summed E-state index contributed by atoms with van der Waals surface area (Å²) in [5.74, 6) is 1.99. The van der Waals surface area contributed by atoms with Gasteiger partial charge in [-0.25, -0.2) is 9.71 Å². The molecule has 2 aromatic heterocycles. The molecule has 2 saturated carbocycles. The fourth-order valence-corrected chi connectivity index (χ4v) is 7.62. The van der Waals surface area contributed by atoms with Crippen LogP contribution in [0.4, 0.5) is 5.82 Å². The van der Waals surface area contributed by atoms with Crippen molar-refractivity contribution in [2.75, 3.05) is 11.4 Å². The number of ether oxygens (including phenoxy) is 1. The topological polar surface area (TPSA) is 101 Å². The van der Waals surface area contributed by atoms with Crippen molar-refractivity contribution < 1.29 is 17.9 Å². The quantitative estimate of drug-likeness (QED) is 0.568. The van der Waals surface area contributed by atoms with Gasteiger partial charge in [0.2, 0.25) is 5.88 Å². The van der Waals surface area contributed by atoms with E-state index in [1.165, 1.54) is 31.7 Å². The zero-order valence-electron chi connectivity index (χ0n) is 22.0. The van der Waals surface area contributed by atoms with E-state index in [4.69, 9.17) is 4.74 Å². The molecule has 0 aromatic carbocycles. The lowest BCUT2D eigenvalue weighted by Crippen LogP contribution is -2.41. The van der Waals surface area contributed by atoms with Crippen LogP contribution in [0.5, 0.6) is 5.88 Å². The highest BCUT2D eigenvalue weighted by Gasteiger charge is 2.39. The van der Waals surface area contributed by atoms with E-state index in [0.717, 1.165) is 38.1 Å². The van der Waals surface area contributed by atoms with Crippen molar-refractivity contribution in [2.45, 2.75) is 88.8 Å². The van der Waals surface area contributed by atoms with E-state index in [1.54, 1.807) is 30.5 Å². The standard InChI is InChI=1S/C28H38N4O4S/c1-19-17-28(2,3)32(18-19)26-23(10-7-15-29-26)27(33)31-37(34,35)25-12-6-11-24(30-25)36-22-14-13-20-8-4-5-9-21(20)16-22/h6-7,10-12,15,19-22H,4-5,8-9,13-14,16-18H2,1-3H3,(H,31,33). The molecule has 0 spiro atoms. The molecule has 8 nitrogen and oxygen atoms in total. The minimum absolute atomic E-state index is 0.0450. The molecule has 200 valence electrons. The Morgan fingerprint density at radius 2 is 1.86 bits per heavy atom. The second-order valence-electron chi connectivity index (χ2n) is 11.7. The number of aromatic nitrogens is 2. The van der Waals surface area contributed by atoms with Gasteiger partial charge in [0, 0.05) is 24.3 Å². The Morgan fingerprint density at radius 1 is 1.08 bits per heavy atom. The molecule has 37 heavy (non-hydrogen) atoms. The van der Waals surface area contributed by atoms with Crippen LogP contribution in [0.25, 0.3) is 0 Å². The Bertz CT molecular complexity index is 1250. The molecular formula is C28H38N4O4S. The molecule has 0 radical (unpaired) electrons. The summed E-state index contributed by atoms with van der Waals surface area (Å²) in [5.41, 5.74) is 0.0379. The van der Waals surface area contributed by atoms with Gasteiger partial charge < -0.3 is 9.64 Å². The van der Waals surface area contributed by atoms with Gasteiger partial charge in [0.25, 0.3) is 15.9 Å². The summed E-state index contributed by atoms with van der Waals surface area (Å²) in [6.45, 7) is 7.14. The fraction of sp³-hybridized carbons (Fsp3) is 0.607. The number of anilines is 1. The zero-order valence-corrected chi connectivity index (χ0v) is 22.8. The molecule has 0 bridgehead atoms.